The molecule has 0 spiro atoms. The Kier molecular flexibility index (Phi) is 5.16. The molecule has 1 aliphatic carbocycles. The summed E-state index contributed by atoms with van der Waals surface area (Å²) in [6.07, 6.45) is 4.20. The molecule has 0 bridgehead atoms. The highest BCUT2D eigenvalue weighted by Crippen LogP contribution is 2.27. The zero-order valence-corrected chi connectivity index (χ0v) is 11.5. The molecule has 1 saturated carbocycles. The van der Waals surface area contributed by atoms with E-state index in [1.807, 2.05) is 6.92 Å². The number of hydrazine groups is 1. The maximum Gasteiger partial charge on any atom is 0.0661 e. The normalized spacial score (nSPS) is 15.2. The fourth-order valence-electron chi connectivity index (χ4n) is 1.67. The molecule has 0 aromatic rings. The van der Waals surface area contributed by atoms with Gasteiger partial charge in [0.25, 0.3) is 0 Å². The van der Waals surface area contributed by atoms with Crippen LogP contribution in [0.2, 0.25) is 0 Å². The third kappa shape index (κ3) is 3.74. The molecule has 1 fully saturated rings. The molecule has 2 N–H and O–H groups in total. The molecule has 4 nitrogen and oxygen atoms in total. The summed E-state index contributed by atoms with van der Waals surface area (Å²) < 4.78 is 0. The van der Waals surface area contributed by atoms with E-state index in [0.29, 0.717) is 18.3 Å². The Hall–Kier alpha value is -1.55. The van der Waals surface area contributed by atoms with Gasteiger partial charge in [-0.05, 0) is 26.7 Å². The second-order valence-electron chi connectivity index (χ2n) is 4.54. The maximum atomic E-state index is 5.84. The quantitative estimate of drug-likeness (QED) is 0.236. The van der Waals surface area contributed by atoms with Gasteiger partial charge in [-0.1, -0.05) is 19.2 Å². The number of hydrazone groups is 1. The first-order valence-corrected chi connectivity index (χ1v) is 6.34. The second kappa shape index (κ2) is 6.40. The molecule has 0 aromatic carbocycles. The first kappa shape index (κ1) is 14.5. The first-order valence-electron chi connectivity index (χ1n) is 6.34. The molecule has 0 saturated heterocycles. The highest BCUT2D eigenvalue weighted by atomic mass is 15.5. The summed E-state index contributed by atoms with van der Waals surface area (Å²) in [4.78, 5) is 0. The lowest BCUT2D eigenvalue weighted by molar-refractivity contribution is 0.293. The van der Waals surface area contributed by atoms with E-state index in [4.69, 9.17) is 5.84 Å². The number of nitrogens with two attached hydrogens (primary N) is 1. The minimum atomic E-state index is 0.547. The lowest BCUT2D eigenvalue weighted by atomic mass is 10.1. The first-order chi connectivity index (χ1) is 8.51. The van der Waals surface area contributed by atoms with Gasteiger partial charge in [0.05, 0.1) is 18.0 Å². The van der Waals surface area contributed by atoms with Gasteiger partial charge in [-0.3, -0.25) is 5.01 Å². The van der Waals surface area contributed by atoms with Crippen LogP contribution < -0.4 is 5.84 Å². The van der Waals surface area contributed by atoms with Crippen LogP contribution in [0.25, 0.3) is 0 Å². The summed E-state index contributed by atoms with van der Waals surface area (Å²) in [5.41, 5.74) is 2.33. The van der Waals surface area contributed by atoms with Crippen molar-refractivity contribution < 1.29 is 0 Å². The predicted octanol–water partition coefficient (Wildman–Crippen LogP) is 2.28. The third-order valence-electron chi connectivity index (χ3n) is 3.03. The van der Waals surface area contributed by atoms with E-state index in [2.05, 4.69) is 36.8 Å². The van der Waals surface area contributed by atoms with Gasteiger partial charge in [-0.25, -0.2) is 5.84 Å². The van der Waals surface area contributed by atoms with Crippen LogP contribution in [-0.4, -0.2) is 34.9 Å². The third-order valence-corrected chi connectivity index (χ3v) is 3.03. The van der Waals surface area contributed by atoms with Gasteiger partial charge in [0.15, 0.2) is 0 Å². The average Bonchev–Trinajstić information content (AvgIpc) is 3.18. The monoisotopic (exact) mass is 248 g/mol. The number of hydrogen-bond acceptors (Lipinski definition) is 4. The molecule has 0 aliphatic heterocycles. The number of hydrogen-bond donors (Lipinski definition) is 1. The van der Waals surface area contributed by atoms with Crippen molar-refractivity contribution in [1.82, 2.24) is 10.0 Å². The Morgan fingerprint density at radius 3 is 2.50 bits per heavy atom. The fraction of sp³-hybridized carbons (Fsp3) is 0.500. The molecule has 0 amide bonds. The standard InChI is InChI=1S/C14H24N4/c1-6-10-17(15)13(5)11(3)12(4)16-18(7-2)14-8-9-14/h6,14H,1,3,5,7-10,15H2,2,4H3/b16-12-. The van der Waals surface area contributed by atoms with Crippen molar-refractivity contribution in [2.24, 2.45) is 10.9 Å². The van der Waals surface area contributed by atoms with Crippen molar-refractivity contribution in [2.45, 2.75) is 32.7 Å². The SMILES string of the molecule is C=CCN(N)C(=C)C(=C)/C(C)=N\N(CC)C1CC1. The van der Waals surface area contributed by atoms with E-state index in [1.165, 1.54) is 17.9 Å². The Balaban J connectivity index is 2.66. The summed E-state index contributed by atoms with van der Waals surface area (Å²) in [6.45, 7) is 17.1. The maximum absolute atomic E-state index is 5.84. The molecule has 0 unspecified atom stereocenters. The summed E-state index contributed by atoms with van der Waals surface area (Å²) in [5, 5.41) is 8.24. The Morgan fingerprint density at radius 1 is 1.44 bits per heavy atom. The predicted molar refractivity (Wildman–Crippen MR) is 77.9 cm³/mol. The zero-order chi connectivity index (χ0) is 13.7. The van der Waals surface area contributed by atoms with Crippen molar-refractivity contribution in [3.8, 4) is 0 Å². The van der Waals surface area contributed by atoms with Crippen molar-refractivity contribution in [3.63, 3.8) is 0 Å². The highest BCUT2D eigenvalue weighted by molar-refractivity contribution is 6.01. The van der Waals surface area contributed by atoms with E-state index in [0.717, 1.165) is 17.8 Å². The minimum absolute atomic E-state index is 0.547. The van der Waals surface area contributed by atoms with Crippen LogP contribution in [0, 0.1) is 0 Å². The molecule has 18 heavy (non-hydrogen) atoms. The summed E-state index contributed by atoms with van der Waals surface area (Å²) >= 11 is 0. The van der Waals surface area contributed by atoms with Gasteiger partial charge in [-0.2, -0.15) is 5.10 Å². The smallest absolute Gasteiger partial charge is 0.0661 e. The summed E-state index contributed by atoms with van der Waals surface area (Å²) in [5.74, 6) is 5.84. The average molecular weight is 248 g/mol. The van der Waals surface area contributed by atoms with E-state index in [-0.39, 0.29) is 0 Å². The van der Waals surface area contributed by atoms with Crippen LogP contribution in [0.1, 0.15) is 26.7 Å². The number of allylic oxidation sites excluding steroid dienone is 1. The van der Waals surface area contributed by atoms with Crippen LogP contribution in [0.5, 0.6) is 0 Å². The van der Waals surface area contributed by atoms with E-state index in [9.17, 15) is 0 Å². The fourth-order valence-corrected chi connectivity index (χ4v) is 1.67. The summed E-state index contributed by atoms with van der Waals surface area (Å²) in [7, 11) is 0. The van der Waals surface area contributed by atoms with Gasteiger partial charge >= 0.3 is 0 Å². The molecule has 0 aromatic heterocycles. The van der Waals surface area contributed by atoms with Crippen molar-refractivity contribution in [1.29, 1.82) is 0 Å². The van der Waals surface area contributed by atoms with E-state index in [1.54, 1.807) is 6.08 Å². The van der Waals surface area contributed by atoms with Gasteiger partial charge in [0, 0.05) is 18.2 Å². The molecule has 4 heteroatoms. The van der Waals surface area contributed by atoms with Gasteiger partial charge < -0.3 is 5.01 Å². The second-order valence-corrected chi connectivity index (χ2v) is 4.54. The van der Waals surface area contributed by atoms with Crippen molar-refractivity contribution in [3.05, 3.63) is 37.1 Å². The molecule has 1 rings (SSSR count). The van der Waals surface area contributed by atoms with Gasteiger partial charge in [0.2, 0.25) is 0 Å². The van der Waals surface area contributed by atoms with E-state index < -0.39 is 0 Å². The molecular weight excluding hydrogens is 224 g/mol. The molecule has 0 heterocycles. The lowest BCUT2D eigenvalue weighted by Gasteiger charge is -2.23. The number of rotatable bonds is 8. The highest BCUT2D eigenvalue weighted by Gasteiger charge is 2.27. The minimum Gasteiger partial charge on any atom is -0.307 e. The Bertz CT molecular complexity index is 366. The zero-order valence-electron chi connectivity index (χ0n) is 11.5. The van der Waals surface area contributed by atoms with Crippen LogP contribution in [0.15, 0.2) is 42.2 Å². The van der Waals surface area contributed by atoms with Gasteiger partial charge in [-0.15, -0.1) is 6.58 Å². The molecular formula is C14H24N4. The van der Waals surface area contributed by atoms with Crippen molar-refractivity contribution >= 4 is 5.71 Å². The van der Waals surface area contributed by atoms with Crippen molar-refractivity contribution in [2.75, 3.05) is 13.1 Å². The van der Waals surface area contributed by atoms with Crippen LogP contribution in [0.4, 0.5) is 0 Å². The molecule has 0 atom stereocenters. The summed E-state index contributed by atoms with van der Waals surface area (Å²) in [6, 6.07) is 0.605. The van der Waals surface area contributed by atoms with Crippen LogP contribution in [-0.2, 0) is 0 Å². The van der Waals surface area contributed by atoms with Crippen LogP contribution >= 0.6 is 0 Å². The van der Waals surface area contributed by atoms with E-state index >= 15 is 0 Å². The molecule has 0 radical (unpaired) electrons. The molecule has 100 valence electrons. The topological polar surface area (TPSA) is 44.9 Å². The van der Waals surface area contributed by atoms with Gasteiger partial charge in [0.1, 0.15) is 0 Å². The molecule has 1 aliphatic rings. The lowest BCUT2D eigenvalue weighted by Crippen LogP contribution is -2.32. The Labute approximate surface area is 110 Å². The Morgan fingerprint density at radius 2 is 2.06 bits per heavy atom. The largest absolute Gasteiger partial charge is 0.307 e. The van der Waals surface area contributed by atoms with Crippen LogP contribution in [0.3, 0.4) is 0 Å². The number of nitrogens with zero attached hydrogens (tertiary/aromatic N) is 3.